The van der Waals surface area contributed by atoms with Crippen molar-refractivity contribution in [1.82, 2.24) is 0 Å². The molecule has 0 aromatic heterocycles. The summed E-state index contributed by atoms with van der Waals surface area (Å²) in [5.41, 5.74) is 4.97. The molecular weight excluding hydrogens is 240 g/mol. The summed E-state index contributed by atoms with van der Waals surface area (Å²) in [5, 5.41) is 19.9. The van der Waals surface area contributed by atoms with Gasteiger partial charge in [-0.25, -0.2) is 4.79 Å². The normalized spacial score (nSPS) is 12.1. The molecule has 0 aliphatic heterocycles. The Balaban J connectivity index is 3.41. The van der Waals surface area contributed by atoms with Crippen molar-refractivity contribution in [3.8, 4) is 0 Å². The number of nitrogens with two attached hydrogens (primary N) is 1. The van der Waals surface area contributed by atoms with Crippen LogP contribution in [0.15, 0.2) is 12.1 Å². The monoisotopic (exact) mass is 254 g/mol. The van der Waals surface area contributed by atoms with Crippen LogP contribution in [0.1, 0.15) is 28.8 Å². The third-order valence-electron chi connectivity index (χ3n) is 2.61. The third-order valence-corrected chi connectivity index (χ3v) is 2.61. The quantitative estimate of drug-likeness (QED) is 0.468. The van der Waals surface area contributed by atoms with E-state index < -0.39 is 10.9 Å². The molecule has 0 heterocycles. The SMILES string of the molecule is COCC(C)c1ccc(C(=O)O)c(N)c1[N+](=O)[O-]. The summed E-state index contributed by atoms with van der Waals surface area (Å²) in [7, 11) is 1.48. The van der Waals surface area contributed by atoms with Gasteiger partial charge in [0.15, 0.2) is 0 Å². The third kappa shape index (κ3) is 2.57. The molecule has 7 heteroatoms. The fourth-order valence-corrected chi connectivity index (χ4v) is 1.75. The Kier molecular flexibility index (Phi) is 4.22. The van der Waals surface area contributed by atoms with E-state index in [0.717, 1.165) is 0 Å². The maximum absolute atomic E-state index is 11.0. The standard InChI is InChI=1S/C11H14N2O5/c1-6(5-18-2)7-3-4-8(11(14)15)9(12)10(7)13(16)17/h3-4,6H,5,12H2,1-2H3,(H,14,15). The topological polar surface area (TPSA) is 116 Å². The second-order valence-corrected chi connectivity index (χ2v) is 3.88. The summed E-state index contributed by atoms with van der Waals surface area (Å²) < 4.78 is 4.93. The van der Waals surface area contributed by atoms with Gasteiger partial charge in [0.2, 0.25) is 0 Å². The number of hydrogen-bond acceptors (Lipinski definition) is 5. The van der Waals surface area contributed by atoms with Gasteiger partial charge >= 0.3 is 5.97 Å². The number of methoxy groups -OCH3 is 1. The molecule has 98 valence electrons. The van der Waals surface area contributed by atoms with E-state index in [4.69, 9.17) is 15.6 Å². The first-order chi connectivity index (χ1) is 8.40. The number of carbonyl (C=O) groups is 1. The summed E-state index contributed by atoms with van der Waals surface area (Å²) in [4.78, 5) is 21.2. The van der Waals surface area contributed by atoms with E-state index >= 15 is 0 Å². The van der Waals surface area contributed by atoms with Gasteiger partial charge in [-0.05, 0) is 6.07 Å². The van der Waals surface area contributed by atoms with Crippen molar-refractivity contribution >= 4 is 17.3 Å². The number of ether oxygens (including phenoxy) is 1. The smallest absolute Gasteiger partial charge is 0.338 e. The molecule has 0 radical (unpaired) electrons. The van der Waals surface area contributed by atoms with Gasteiger partial charge < -0.3 is 15.6 Å². The van der Waals surface area contributed by atoms with Gasteiger partial charge in [-0.2, -0.15) is 0 Å². The minimum absolute atomic E-state index is 0.249. The molecule has 0 aliphatic rings. The Morgan fingerprint density at radius 1 is 1.61 bits per heavy atom. The van der Waals surface area contributed by atoms with Crippen molar-refractivity contribution in [2.24, 2.45) is 0 Å². The molecule has 1 aromatic carbocycles. The van der Waals surface area contributed by atoms with Crippen LogP contribution in [-0.4, -0.2) is 29.7 Å². The van der Waals surface area contributed by atoms with Gasteiger partial charge in [-0.1, -0.05) is 13.0 Å². The average Bonchev–Trinajstić information content (AvgIpc) is 2.27. The second kappa shape index (κ2) is 5.46. The van der Waals surface area contributed by atoms with Gasteiger partial charge in [0.05, 0.1) is 17.1 Å². The summed E-state index contributed by atoms with van der Waals surface area (Å²) in [5.74, 6) is -1.54. The number of anilines is 1. The minimum Gasteiger partial charge on any atom is -0.478 e. The Labute approximate surface area is 103 Å². The van der Waals surface area contributed by atoms with Gasteiger partial charge in [-0.15, -0.1) is 0 Å². The summed E-state index contributed by atoms with van der Waals surface area (Å²) in [6.07, 6.45) is 0. The summed E-state index contributed by atoms with van der Waals surface area (Å²) >= 11 is 0. The highest BCUT2D eigenvalue weighted by Crippen LogP contribution is 2.34. The first-order valence-corrected chi connectivity index (χ1v) is 5.19. The Morgan fingerprint density at radius 3 is 2.67 bits per heavy atom. The molecule has 1 atom stereocenters. The van der Waals surface area contributed by atoms with Gasteiger partial charge in [0.1, 0.15) is 5.69 Å². The molecule has 0 saturated carbocycles. The van der Waals surface area contributed by atoms with Crippen molar-refractivity contribution in [3.05, 3.63) is 33.4 Å². The van der Waals surface area contributed by atoms with Crippen molar-refractivity contribution < 1.29 is 19.6 Å². The van der Waals surface area contributed by atoms with Gasteiger partial charge in [0.25, 0.3) is 5.69 Å². The van der Waals surface area contributed by atoms with Gasteiger partial charge in [0, 0.05) is 18.6 Å². The zero-order valence-electron chi connectivity index (χ0n) is 10.0. The fraction of sp³-hybridized carbons (Fsp3) is 0.364. The van der Waals surface area contributed by atoms with Crippen molar-refractivity contribution in [3.63, 3.8) is 0 Å². The number of rotatable bonds is 5. The number of aromatic carboxylic acids is 1. The molecule has 0 fully saturated rings. The Hall–Kier alpha value is -2.15. The molecule has 0 saturated heterocycles. The predicted octanol–water partition coefficient (Wildman–Crippen LogP) is 1.63. The number of carboxylic acids is 1. The van der Waals surface area contributed by atoms with Crippen LogP contribution in [0.2, 0.25) is 0 Å². The maximum atomic E-state index is 11.0. The van der Waals surface area contributed by atoms with E-state index in [0.29, 0.717) is 5.56 Å². The molecule has 0 bridgehead atoms. The zero-order valence-corrected chi connectivity index (χ0v) is 10.0. The lowest BCUT2D eigenvalue weighted by molar-refractivity contribution is -0.384. The molecule has 1 rings (SSSR count). The van der Waals surface area contributed by atoms with Gasteiger partial charge in [-0.3, -0.25) is 10.1 Å². The number of nitrogen functional groups attached to an aromatic ring is 1. The highest BCUT2D eigenvalue weighted by molar-refractivity contribution is 5.96. The van der Waals surface area contributed by atoms with E-state index in [1.807, 2.05) is 0 Å². The van der Waals surface area contributed by atoms with Crippen LogP contribution in [0, 0.1) is 10.1 Å². The predicted molar refractivity (Wildman–Crippen MR) is 64.8 cm³/mol. The van der Waals surface area contributed by atoms with E-state index in [1.54, 1.807) is 6.92 Å². The minimum atomic E-state index is -1.29. The van der Waals surface area contributed by atoms with Crippen LogP contribution < -0.4 is 5.73 Å². The largest absolute Gasteiger partial charge is 0.478 e. The van der Waals surface area contributed by atoms with E-state index in [-0.39, 0.29) is 29.5 Å². The van der Waals surface area contributed by atoms with Crippen molar-refractivity contribution in [2.45, 2.75) is 12.8 Å². The molecule has 0 amide bonds. The number of benzene rings is 1. The Bertz CT molecular complexity index is 487. The molecule has 1 aromatic rings. The highest BCUT2D eigenvalue weighted by Gasteiger charge is 2.26. The molecule has 7 nitrogen and oxygen atoms in total. The molecule has 18 heavy (non-hydrogen) atoms. The van der Waals surface area contributed by atoms with E-state index in [1.165, 1.54) is 19.2 Å². The van der Waals surface area contributed by atoms with E-state index in [9.17, 15) is 14.9 Å². The number of carboxylic acid groups (broad SMARTS) is 1. The molecule has 1 unspecified atom stereocenters. The lowest BCUT2D eigenvalue weighted by atomic mass is 9.96. The van der Waals surface area contributed by atoms with Crippen LogP contribution in [0.3, 0.4) is 0 Å². The first-order valence-electron chi connectivity index (χ1n) is 5.19. The molecular formula is C11H14N2O5. The first kappa shape index (κ1) is 13.9. The summed E-state index contributed by atoms with van der Waals surface area (Å²) in [6, 6.07) is 2.67. The van der Waals surface area contributed by atoms with Crippen LogP contribution in [0.4, 0.5) is 11.4 Å². The number of nitro benzene ring substituents is 1. The van der Waals surface area contributed by atoms with Crippen LogP contribution in [0.5, 0.6) is 0 Å². The van der Waals surface area contributed by atoms with Crippen LogP contribution >= 0.6 is 0 Å². The number of nitrogens with zero attached hydrogens (tertiary/aromatic N) is 1. The van der Waals surface area contributed by atoms with Crippen molar-refractivity contribution in [2.75, 3.05) is 19.5 Å². The van der Waals surface area contributed by atoms with Crippen LogP contribution in [-0.2, 0) is 4.74 Å². The Morgan fingerprint density at radius 2 is 2.22 bits per heavy atom. The molecule has 0 aliphatic carbocycles. The van der Waals surface area contributed by atoms with Crippen LogP contribution in [0.25, 0.3) is 0 Å². The highest BCUT2D eigenvalue weighted by atomic mass is 16.6. The maximum Gasteiger partial charge on any atom is 0.338 e. The molecule has 3 N–H and O–H groups in total. The lowest BCUT2D eigenvalue weighted by Gasteiger charge is -2.13. The second-order valence-electron chi connectivity index (χ2n) is 3.88. The van der Waals surface area contributed by atoms with E-state index in [2.05, 4.69) is 0 Å². The molecule has 0 spiro atoms. The fourth-order valence-electron chi connectivity index (χ4n) is 1.75. The number of nitro groups is 1. The number of hydrogen-bond donors (Lipinski definition) is 2. The zero-order chi connectivity index (χ0) is 13.9. The average molecular weight is 254 g/mol. The lowest BCUT2D eigenvalue weighted by Crippen LogP contribution is -2.11. The summed E-state index contributed by atoms with van der Waals surface area (Å²) in [6.45, 7) is 2.03. The van der Waals surface area contributed by atoms with Crippen molar-refractivity contribution in [1.29, 1.82) is 0 Å².